The lowest BCUT2D eigenvalue weighted by Crippen LogP contribution is -2.33. The van der Waals surface area contributed by atoms with E-state index < -0.39 is 0 Å². The molecule has 0 saturated carbocycles. The van der Waals surface area contributed by atoms with E-state index in [1.54, 1.807) is 30.5 Å². The van der Waals surface area contributed by atoms with E-state index in [0.717, 1.165) is 29.7 Å². The van der Waals surface area contributed by atoms with Crippen molar-refractivity contribution in [1.29, 1.82) is 0 Å². The average molecular weight is 371 g/mol. The number of halogens is 1. The largest absolute Gasteiger partial charge is 0.340 e. The molecule has 1 aliphatic carbocycles. The maximum absolute atomic E-state index is 13.3. The lowest BCUT2D eigenvalue weighted by Gasteiger charge is -2.18. The van der Waals surface area contributed by atoms with E-state index in [-0.39, 0.29) is 30.4 Å². The number of hydrogen-bond donors (Lipinski definition) is 0. The number of likely N-dealkylation sites (N-methyl/N-ethyl adjacent to an activating group) is 1. The number of rotatable bonds is 4. The minimum absolute atomic E-state index is 0.0712. The molecule has 0 fully saturated rings. The Hall–Kier alpha value is -2.54. The van der Waals surface area contributed by atoms with Crippen LogP contribution in [0.2, 0.25) is 0 Å². The summed E-state index contributed by atoms with van der Waals surface area (Å²) in [5.41, 5.74) is 1.66. The highest BCUT2D eigenvalue weighted by atomic mass is 32.1. The van der Waals surface area contributed by atoms with Crippen molar-refractivity contribution in [2.24, 2.45) is 0 Å². The molecular formula is C19H18FN3O2S. The van der Waals surface area contributed by atoms with Gasteiger partial charge in [0.2, 0.25) is 5.91 Å². The molecule has 0 unspecified atom stereocenters. The van der Waals surface area contributed by atoms with E-state index in [2.05, 4.69) is 4.98 Å². The maximum Gasteiger partial charge on any atom is 0.262 e. The van der Waals surface area contributed by atoms with Crippen molar-refractivity contribution in [2.45, 2.75) is 32.4 Å². The van der Waals surface area contributed by atoms with Gasteiger partial charge in [-0.25, -0.2) is 9.37 Å². The van der Waals surface area contributed by atoms with Gasteiger partial charge in [-0.05, 0) is 42.5 Å². The smallest absolute Gasteiger partial charge is 0.262 e. The van der Waals surface area contributed by atoms with E-state index >= 15 is 0 Å². The molecule has 0 N–H and O–H groups in total. The summed E-state index contributed by atoms with van der Waals surface area (Å²) in [5, 5.41) is 0.672. The van der Waals surface area contributed by atoms with Crippen molar-refractivity contribution in [3.8, 4) is 0 Å². The fourth-order valence-corrected chi connectivity index (χ4v) is 4.62. The Bertz CT molecular complexity index is 1060. The van der Waals surface area contributed by atoms with Gasteiger partial charge in [-0.1, -0.05) is 12.1 Å². The fourth-order valence-electron chi connectivity index (χ4n) is 3.40. The lowest BCUT2D eigenvalue weighted by molar-refractivity contribution is -0.131. The van der Waals surface area contributed by atoms with Crippen LogP contribution in [-0.4, -0.2) is 27.4 Å². The SMILES string of the molecule is CN(Cc1cccc(F)c1)C(=O)Cn1cnc2sc3c(c2c1=O)CCC3. The molecular weight excluding hydrogens is 353 g/mol. The summed E-state index contributed by atoms with van der Waals surface area (Å²) in [6, 6.07) is 6.15. The van der Waals surface area contributed by atoms with E-state index in [4.69, 9.17) is 0 Å². The third-order valence-corrected chi connectivity index (χ3v) is 5.93. The summed E-state index contributed by atoms with van der Waals surface area (Å²) in [7, 11) is 1.65. The molecule has 26 heavy (non-hydrogen) atoms. The van der Waals surface area contributed by atoms with Crippen LogP contribution in [-0.2, 0) is 30.7 Å². The summed E-state index contributed by atoms with van der Waals surface area (Å²) >= 11 is 1.58. The van der Waals surface area contributed by atoms with Crippen LogP contribution in [0.4, 0.5) is 4.39 Å². The lowest BCUT2D eigenvalue weighted by atomic mass is 10.2. The van der Waals surface area contributed by atoms with Crippen LogP contribution in [0.25, 0.3) is 10.2 Å². The van der Waals surface area contributed by atoms with Gasteiger partial charge in [0.05, 0.1) is 11.7 Å². The van der Waals surface area contributed by atoms with E-state index in [1.807, 2.05) is 0 Å². The number of benzene rings is 1. The van der Waals surface area contributed by atoms with Crippen LogP contribution in [0.5, 0.6) is 0 Å². The number of amides is 1. The number of aryl methyl sites for hydroxylation is 2. The zero-order chi connectivity index (χ0) is 18.3. The predicted octanol–water partition coefficient (Wildman–Crippen LogP) is 2.74. The number of carbonyl (C=O) groups is 1. The molecule has 5 nitrogen and oxygen atoms in total. The molecule has 4 rings (SSSR count). The Morgan fingerprint density at radius 3 is 3.04 bits per heavy atom. The van der Waals surface area contributed by atoms with Gasteiger partial charge in [0, 0.05) is 18.5 Å². The third kappa shape index (κ3) is 3.03. The van der Waals surface area contributed by atoms with Crippen molar-refractivity contribution < 1.29 is 9.18 Å². The van der Waals surface area contributed by atoms with Gasteiger partial charge in [0.1, 0.15) is 17.2 Å². The molecule has 0 bridgehead atoms. The molecule has 0 radical (unpaired) electrons. The monoisotopic (exact) mass is 371 g/mol. The van der Waals surface area contributed by atoms with Crippen molar-refractivity contribution in [2.75, 3.05) is 7.05 Å². The fraction of sp³-hybridized carbons (Fsp3) is 0.316. The zero-order valence-electron chi connectivity index (χ0n) is 14.4. The predicted molar refractivity (Wildman–Crippen MR) is 98.8 cm³/mol. The van der Waals surface area contributed by atoms with Crippen LogP contribution in [0, 0.1) is 5.82 Å². The summed E-state index contributed by atoms with van der Waals surface area (Å²) in [6.45, 7) is 0.215. The number of carbonyl (C=O) groups excluding carboxylic acids is 1. The first-order valence-corrected chi connectivity index (χ1v) is 9.32. The molecule has 7 heteroatoms. The van der Waals surface area contributed by atoms with Gasteiger partial charge in [-0.2, -0.15) is 0 Å². The molecule has 2 heterocycles. The van der Waals surface area contributed by atoms with Gasteiger partial charge in [0.15, 0.2) is 0 Å². The highest BCUT2D eigenvalue weighted by Gasteiger charge is 2.22. The second kappa shape index (κ2) is 6.64. The minimum Gasteiger partial charge on any atom is -0.340 e. The van der Waals surface area contributed by atoms with Crippen molar-refractivity contribution >= 4 is 27.5 Å². The quantitative estimate of drug-likeness (QED) is 0.709. The van der Waals surface area contributed by atoms with Crippen molar-refractivity contribution in [3.63, 3.8) is 0 Å². The Labute approximate surface area is 153 Å². The van der Waals surface area contributed by atoms with Gasteiger partial charge < -0.3 is 4.90 Å². The van der Waals surface area contributed by atoms with Gasteiger partial charge in [0.25, 0.3) is 5.56 Å². The Kier molecular flexibility index (Phi) is 4.32. The highest BCUT2D eigenvalue weighted by molar-refractivity contribution is 7.18. The topological polar surface area (TPSA) is 55.2 Å². The Morgan fingerprint density at radius 1 is 1.38 bits per heavy atom. The van der Waals surface area contributed by atoms with Crippen LogP contribution in [0.3, 0.4) is 0 Å². The summed E-state index contributed by atoms with van der Waals surface area (Å²) in [6.07, 6.45) is 4.43. The van der Waals surface area contributed by atoms with Gasteiger partial charge in [-0.3, -0.25) is 14.2 Å². The molecule has 3 aromatic rings. The zero-order valence-corrected chi connectivity index (χ0v) is 15.2. The number of aromatic nitrogens is 2. The molecule has 134 valence electrons. The minimum atomic E-state index is -0.333. The average Bonchev–Trinajstić information content (AvgIpc) is 3.18. The Balaban J connectivity index is 1.56. The first-order chi connectivity index (χ1) is 12.5. The molecule has 0 aliphatic heterocycles. The number of thiophene rings is 1. The molecule has 2 aromatic heterocycles. The van der Waals surface area contributed by atoms with Gasteiger partial charge >= 0.3 is 0 Å². The highest BCUT2D eigenvalue weighted by Crippen LogP contribution is 2.34. The number of hydrogen-bond acceptors (Lipinski definition) is 4. The molecule has 0 atom stereocenters. The van der Waals surface area contributed by atoms with Crippen molar-refractivity contribution in [1.82, 2.24) is 14.5 Å². The first kappa shape index (κ1) is 16.9. The molecule has 0 saturated heterocycles. The molecule has 1 aliphatic rings. The summed E-state index contributed by atoms with van der Waals surface area (Å²) in [5.74, 6) is -0.551. The second-order valence-electron chi connectivity index (χ2n) is 6.59. The Morgan fingerprint density at radius 2 is 2.23 bits per heavy atom. The van der Waals surface area contributed by atoms with Crippen LogP contribution >= 0.6 is 11.3 Å². The first-order valence-electron chi connectivity index (χ1n) is 8.51. The van der Waals surface area contributed by atoms with Crippen molar-refractivity contribution in [3.05, 3.63) is 62.8 Å². The maximum atomic E-state index is 13.3. The van der Waals surface area contributed by atoms with Gasteiger partial charge in [-0.15, -0.1) is 11.3 Å². The molecule has 1 amide bonds. The van der Waals surface area contributed by atoms with E-state index in [9.17, 15) is 14.0 Å². The van der Waals surface area contributed by atoms with Crippen LogP contribution in [0.15, 0.2) is 35.4 Å². The summed E-state index contributed by atoms with van der Waals surface area (Å²) in [4.78, 5) is 33.2. The standard InChI is InChI=1S/C19H18FN3O2S/c1-22(9-12-4-2-5-13(20)8-12)16(24)10-23-11-21-18-17(19(23)25)14-6-3-7-15(14)26-18/h2,4-5,8,11H,3,6-7,9-10H2,1H3. The van der Waals surface area contributed by atoms with E-state index in [1.165, 1.54) is 32.8 Å². The number of fused-ring (bicyclic) bond motifs is 3. The third-order valence-electron chi connectivity index (χ3n) is 4.73. The molecule has 0 spiro atoms. The van der Waals surface area contributed by atoms with Crippen LogP contribution < -0.4 is 5.56 Å². The second-order valence-corrected chi connectivity index (χ2v) is 7.68. The number of nitrogens with zero attached hydrogens (tertiary/aromatic N) is 3. The van der Waals surface area contributed by atoms with E-state index in [0.29, 0.717) is 10.9 Å². The molecule has 1 aromatic carbocycles. The summed E-state index contributed by atoms with van der Waals surface area (Å²) < 4.78 is 14.7. The normalized spacial score (nSPS) is 13.2. The van der Waals surface area contributed by atoms with Crippen LogP contribution in [0.1, 0.15) is 22.4 Å².